The van der Waals surface area contributed by atoms with Crippen molar-refractivity contribution in [2.75, 3.05) is 12.9 Å². The van der Waals surface area contributed by atoms with E-state index in [0.717, 1.165) is 11.0 Å². The van der Waals surface area contributed by atoms with Gasteiger partial charge in [0, 0.05) is 6.08 Å². The Hall–Kier alpha value is 0.330. The molecular formula is C15H20Cl6N2O5S. The summed E-state index contributed by atoms with van der Waals surface area (Å²) in [6.45, 7) is 1.40. The van der Waals surface area contributed by atoms with E-state index in [1.165, 1.54) is 14.0 Å². The van der Waals surface area contributed by atoms with Crippen LogP contribution in [0.5, 0.6) is 0 Å². The van der Waals surface area contributed by atoms with Crippen molar-refractivity contribution in [2.24, 2.45) is 0 Å². The van der Waals surface area contributed by atoms with Crippen molar-refractivity contribution >= 4 is 91.4 Å². The normalized spacial score (nSPS) is 19.3. The van der Waals surface area contributed by atoms with E-state index in [9.17, 15) is 18.0 Å². The molecule has 1 aliphatic rings. The molecule has 1 rings (SSSR count). The minimum Gasteiger partial charge on any atom is -0.499 e. The molecule has 0 aromatic heterocycles. The van der Waals surface area contributed by atoms with Crippen LogP contribution in [0.1, 0.15) is 32.6 Å². The molecule has 29 heavy (non-hydrogen) atoms. The van der Waals surface area contributed by atoms with E-state index >= 15 is 0 Å². The van der Waals surface area contributed by atoms with Crippen LogP contribution < -0.4 is 4.72 Å². The molecule has 0 bridgehead atoms. The van der Waals surface area contributed by atoms with E-state index in [1.54, 1.807) is 0 Å². The summed E-state index contributed by atoms with van der Waals surface area (Å²) in [5.74, 6) is -1.60. The second-order valence-electron chi connectivity index (χ2n) is 6.19. The summed E-state index contributed by atoms with van der Waals surface area (Å²) in [7, 11) is -2.47. The van der Waals surface area contributed by atoms with Crippen LogP contribution in [-0.4, -0.2) is 57.7 Å². The van der Waals surface area contributed by atoms with Crippen LogP contribution >= 0.6 is 69.6 Å². The predicted octanol–water partition coefficient (Wildman–Crippen LogP) is 3.86. The van der Waals surface area contributed by atoms with Crippen molar-refractivity contribution in [1.82, 2.24) is 9.62 Å². The molecule has 2 atom stereocenters. The number of rotatable bonds is 9. The number of methoxy groups -OCH3 is 1. The molecule has 2 unspecified atom stereocenters. The smallest absolute Gasteiger partial charge is 0.257 e. The average Bonchev–Trinajstić information content (AvgIpc) is 2.90. The number of nitrogens with one attached hydrogen (secondary N) is 1. The van der Waals surface area contributed by atoms with E-state index in [1.807, 2.05) is 0 Å². The molecule has 14 heteroatoms. The first-order chi connectivity index (χ1) is 13.1. The maximum absolute atomic E-state index is 13.1. The Bertz CT molecular complexity index is 747. The van der Waals surface area contributed by atoms with E-state index in [-0.39, 0.29) is 37.2 Å². The summed E-state index contributed by atoms with van der Waals surface area (Å²) >= 11 is 34.6. The van der Waals surface area contributed by atoms with Gasteiger partial charge in [0.15, 0.2) is 7.59 Å². The third kappa shape index (κ3) is 9.15. The van der Waals surface area contributed by atoms with Crippen molar-refractivity contribution in [2.45, 2.75) is 52.3 Å². The Morgan fingerprint density at radius 3 is 2.21 bits per heavy atom. The zero-order valence-corrected chi connectivity index (χ0v) is 20.8. The summed E-state index contributed by atoms with van der Waals surface area (Å²) in [5.41, 5.74) is 0. The van der Waals surface area contributed by atoms with Gasteiger partial charge in [-0.1, -0.05) is 69.6 Å². The number of alkyl halides is 6. The molecule has 7 nitrogen and oxygen atoms in total. The van der Waals surface area contributed by atoms with Crippen LogP contribution in [0.15, 0.2) is 11.8 Å². The topological polar surface area (TPSA) is 92.8 Å². The van der Waals surface area contributed by atoms with E-state index in [2.05, 4.69) is 4.72 Å². The number of nitrogens with zero attached hydrogens (tertiary/aromatic N) is 1. The number of amides is 2. The molecule has 0 saturated heterocycles. The van der Waals surface area contributed by atoms with Crippen LogP contribution in [-0.2, 0) is 24.3 Å². The fourth-order valence-corrected chi connectivity index (χ4v) is 4.08. The zero-order valence-electron chi connectivity index (χ0n) is 15.4. The first kappa shape index (κ1) is 27.4. The van der Waals surface area contributed by atoms with Gasteiger partial charge in [0.2, 0.25) is 15.9 Å². The van der Waals surface area contributed by atoms with Crippen LogP contribution in [0.4, 0.5) is 0 Å². The lowest BCUT2D eigenvalue weighted by molar-refractivity contribution is -0.144. The van der Waals surface area contributed by atoms with Gasteiger partial charge in [0.05, 0.1) is 18.9 Å². The zero-order chi connectivity index (χ0) is 22.6. The molecule has 168 valence electrons. The van der Waals surface area contributed by atoms with Crippen molar-refractivity contribution < 1.29 is 22.7 Å². The number of carbonyl (C=O) groups excluding carboxylic acids is 2. The standard InChI is InChI=1S/C15H20Cl6N2O5S/c1-3-29(26,27)22-9(4-6-14(16,17)18)13(25)23-10(5-7-15(19,20)21)11(28-2)8-12(23)24/h8-10,22H,3-7H2,1-2H3. The van der Waals surface area contributed by atoms with Gasteiger partial charge >= 0.3 is 0 Å². The molecular weight excluding hydrogens is 533 g/mol. The fraction of sp³-hybridized carbons (Fsp3) is 0.733. The first-order valence-corrected chi connectivity index (χ1v) is 12.3. The van der Waals surface area contributed by atoms with Crippen LogP contribution in [0.25, 0.3) is 0 Å². The van der Waals surface area contributed by atoms with E-state index in [4.69, 9.17) is 74.3 Å². The number of imide groups is 1. The third-order valence-corrected chi connectivity index (χ3v) is 6.57. The van der Waals surface area contributed by atoms with Crippen molar-refractivity contribution in [3.8, 4) is 0 Å². The Morgan fingerprint density at radius 2 is 1.76 bits per heavy atom. The molecule has 1 N–H and O–H groups in total. The van der Waals surface area contributed by atoms with Crippen molar-refractivity contribution in [1.29, 1.82) is 0 Å². The average molecular weight is 553 g/mol. The maximum atomic E-state index is 13.1. The summed E-state index contributed by atoms with van der Waals surface area (Å²) in [6.07, 6.45) is 0.940. The van der Waals surface area contributed by atoms with Gasteiger partial charge in [0.1, 0.15) is 11.8 Å². The predicted molar refractivity (Wildman–Crippen MR) is 116 cm³/mol. The molecule has 2 amide bonds. The molecule has 0 aliphatic carbocycles. The minimum absolute atomic E-state index is 0.0135. The quantitative estimate of drug-likeness (QED) is 0.438. The molecule has 0 aromatic rings. The highest BCUT2D eigenvalue weighted by atomic mass is 35.6. The highest BCUT2D eigenvalue weighted by Gasteiger charge is 2.43. The van der Waals surface area contributed by atoms with Crippen LogP contribution in [0.3, 0.4) is 0 Å². The number of ether oxygens (including phenoxy) is 1. The Kier molecular flexibility index (Phi) is 10.2. The van der Waals surface area contributed by atoms with Gasteiger partial charge in [-0.15, -0.1) is 0 Å². The second-order valence-corrected chi connectivity index (χ2v) is 13.3. The third-order valence-electron chi connectivity index (χ3n) is 4.03. The molecule has 0 spiro atoms. The summed E-state index contributed by atoms with van der Waals surface area (Å²) < 4.78 is 28.2. The summed E-state index contributed by atoms with van der Waals surface area (Å²) in [4.78, 5) is 26.5. The number of halogens is 6. The number of hydrogen-bond donors (Lipinski definition) is 1. The van der Waals surface area contributed by atoms with E-state index in [0.29, 0.717) is 0 Å². The summed E-state index contributed by atoms with van der Waals surface area (Å²) in [5, 5.41) is 0. The second kappa shape index (κ2) is 10.8. The SMILES string of the molecule is CCS(=O)(=O)NC(CCC(Cl)(Cl)Cl)C(=O)N1C(=O)C=C(OC)C1CCC(Cl)(Cl)Cl. The molecule has 0 aromatic carbocycles. The van der Waals surface area contributed by atoms with Gasteiger partial charge in [0.25, 0.3) is 5.91 Å². The maximum Gasteiger partial charge on any atom is 0.257 e. The molecule has 1 aliphatic heterocycles. The summed E-state index contributed by atoms with van der Waals surface area (Å²) in [6, 6.07) is -2.20. The monoisotopic (exact) mass is 550 g/mol. The lowest BCUT2D eigenvalue weighted by atomic mass is 10.1. The highest BCUT2D eigenvalue weighted by Crippen LogP contribution is 2.36. The minimum atomic E-state index is -3.80. The van der Waals surface area contributed by atoms with Gasteiger partial charge in [-0.3, -0.25) is 14.5 Å². The molecule has 1 heterocycles. The Morgan fingerprint density at radius 1 is 1.21 bits per heavy atom. The van der Waals surface area contributed by atoms with Crippen LogP contribution in [0.2, 0.25) is 0 Å². The first-order valence-electron chi connectivity index (χ1n) is 8.36. The molecule has 0 fully saturated rings. The Balaban J connectivity index is 3.16. The Labute approximate surface area is 199 Å². The molecule has 0 radical (unpaired) electrons. The number of sulfonamides is 1. The van der Waals surface area contributed by atoms with Gasteiger partial charge in [-0.05, 0) is 32.6 Å². The largest absolute Gasteiger partial charge is 0.499 e. The number of hydrogen-bond acceptors (Lipinski definition) is 5. The van der Waals surface area contributed by atoms with Gasteiger partial charge in [-0.2, -0.15) is 0 Å². The molecule has 0 saturated carbocycles. The lowest BCUT2D eigenvalue weighted by Gasteiger charge is -2.30. The van der Waals surface area contributed by atoms with Gasteiger partial charge in [-0.25, -0.2) is 13.1 Å². The van der Waals surface area contributed by atoms with Gasteiger partial charge < -0.3 is 4.74 Å². The lowest BCUT2D eigenvalue weighted by Crippen LogP contribution is -2.52. The van der Waals surface area contributed by atoms with E-state index < -0.39 is 41.5 Å². The van der Waals surface area contributed by atoms with Crippen LogP contribution in [0, 0.1) is 0 Å². The van der Waals surface area contributed by atoms with Crippen molar-refractivity contribution in [3.05, 3.63) is 11.8 Å². The fourth-order valence-electron chi connectivity index (χ4n) is 2.61. The number of carbonyl (C=O) groups is 2. The highest BCUT2D eigenvalue weighted by molar-refractivity contribution is 7.89. The van der Waals surface area contributed by atoms with Crippen molar-refractivity contribution in [3.63, 3.8) is 0 Å².